The molecule has 4 aromatic heterocycles. The number of methoxy groups -OCH3 is 1. The van der Waals surface area contributed by atoms with Crippen molar-refractivity contribution in [2.45, 2.75) is 13.5 Å². The Hall–Kier alpha value is -4.30. The molecule has 1 aliphatic heterocycles. The van der Waals surface area contributed by atoms with Gasteiger partial charge in [0.25, 0.3) is 0 Å². The standard InChI is InChI=1S/C24H25N9O2/c1-17(34)30-5-7-31(8-6-30)23-4-3-18(13-26-23)21-11-19(15-33-24(21)20(12-25)14-27-33)22-16-32(29-28-22)9-10-35-2/h3-4,11,13-16H,5-10H2,1-2H3. The predicted molar refractivity (Wildman–Crippen MR) is 128 cm³/mol. The summed E-state index contributed by atoms with van der Waals surface area (Å²) in [5.74, 6) is 0.962. The Morgan fingerprint density at radius 3 is 2.66 bits per heavy atom. The summed E-state index contributed by atoms with van der Waals surface area (Å²) in [6, 6.07) is 8.20. The van der Waals surface area contributed by atoms with Crippen LogP contribution < -0.4 is 4.90 Å². The Morgan fingerprint density at radius 1 is 1.14 bits per heavy atom. The van der Waals surface area contributed by atoms with Crippen molar-refractivity contribution in [1.29, 1.82) is 5.26 Å². The van der Waals surface area contributed by atoms with Gasteiger partial charge in [0.1, 0.15) is 17.6 Å². The third-order valence-electron chi connectivity index (χ3n) is 6.20. The van der Waals surface area contributed by atoms with Crippen LogP contribution in [0.5, 0.6) is 0 Å². The minimum Gasteiger partial charge on any atom is -0.383 e. The monoisotopic (exact) mass is 471 g/mol. The number of amides is 1. The first-order chi connectivity index (χ1) is 17.1. The van der Waals surface area contributed by atoms with Crippen molar-refractivity contribution in [3.63, 3.8) is 0 Å². The molecule has 1 amide bonds. The van der Waals surface area contributed by atoms with Gasteiger partial charge in [0.2, 0.25) is 5.91 Å². The minimum absolute atomic E-state index is 0.102. The molecule has 0 aliphatic carbocycles. The van der Waals surface area contributed by atoms with Crippen LogP contribution in [-0.4, -0.2) is 80.3 Å². The quantitative estimate of drug-likeness (QED) is 0.418. The van der Waals surface area contributed by atoms with Crippen molar-refractivity contribution in [1.82, 2.24) is 34.5 Å². The lowest BCUT2D eigenvalue weighted by Crippen LogP contribution is -2.48. The molecule has 0 N–H and O–H groups in total. The lowest BCUT2D eigenvalue weighted by atomic mass is 10.0. The van der Waals surface area contributed by atoms with E-state index < -0.39 is 0 Å². The number of nitrogens with zero attached hydrogens (tertiary/aromatic N) is 9. The van der Waals surface area contributed by atoms with Gasteiger partial charge in [0.15, 0.2) is 0 Å². The number of anilines is 1. The van der Waals surface area contributed by atoms with E-state index in [2.05, 4.69) is 26.4 Å². The van der Waals surface area contributed by atoms with Gasteiger partial charge in [-0.15, -0.1) is 5.10 Å². The zero-order chi connectivity index (χ0) is 24.4. The smallest absolute Gasteiger partial charge is 0.219 e. The van der Waals surface area contributed by atoms with Gasteiger partial charge < -0.3 is 14.5 Å². The molecule has 1 saturated heterocycles. The zero-order valence-electron chi connectivity index (χ0n) is 19.6. The molecule has 0 saturated carbocycles. The summed E-state index contributed by atoms with van der Waals surface area (Å²) in [7, 11) is 1.65. The van der Waals surface area contributed by atoms with Crippen molar-refractivity contribution >= 4 is 17.2 Å². The number of hydrogen-bond acceptors (Lipinski definition) is 8. The maximum Gasteiger partial charge on any atom is 0.219 e. The number of hydrogen-bond donors (Lipinski definition) is 0. The maximum atomic E-state index is 11.6. The number of rotatable bonds is 6. The molecule has 1 aliphatic rings. The van der Waals surface area contributed by atoms with Gasteiger partial charge in [0, 0.05) is 69.3 Å². The van der Waals surface area contributed by atoms with Crippen LogP contribution in [0.15, 0.2) is 43.0 Å². The lowest BCUT2D eigenvalue weighted by molar-refractivity contribution is -0.129. The molecular formula is C24H25N9O2. The Labute approximate surface area is 202 Å². The molecule has 0 unspecified atom stereocenters. The topological polar surface area (TPSA) is 117 Å². The van der Waals surface area contributed by atoms with E-state index in [1.807, 2.05) is 41.7 Å². The maximum absolute atomic E-state index is 11.6. The summed E-state index contributed by atoms with van der Waals surface area (Å²) >= 11 is 0. The highest BCUT2D eigenvalue weighted by Crippen LogP contribution is 2.31. The fourth-order valence-electron chi connectivity index (χ4n) is 4.27. The molecule has 0 bridgehead atoms. The highest BCUT2D eigenvalue weighted by Gasteiger charge is 2.20. The normalized spacial score (nSPS) is 13.9. The van der Waals surface area contributed by atoms with Crippen molar-refractivity contribution in [3.05, 3.63) is 48.5 Å². The second-order valence-corrected chi connectivity index (χ2v) is 8.36. The zero-order valence-corrected chi connectivity index (χ0v) is 19.6. The fraction of sp³-hybridized carbons (Fsp3) is 0.333. The molecule has 0 atom stereocenters. The lowest BCUT2D eigenvalue weighted by Gasteiger charge is -2.34. The van der Waals surface area contributed by atoms with E-state index in [0.29, 0.717) is 43.0 Å². The molecule has 5 rings (SSSR count). The number of nitriles is 1. The molecule has 1 fully saturated rings. The Morgan fingerprint density at radius 2 is 1.97 bits per heavy atom. The Balaban J connectivity index is 1.48. The number of piperazine rings is 1. The van der Waals surface area contributed by atoms with Crippen molar-refractivity contribution in [2.24, 2.45) is 0 Å². The summed E-state index contributed by atoms with van der Waals surface area (Å²) in [6.07, 6.45) is 7.09. The average molecular weight is 472 g/mol. The van der Waals surface area contributed by atoms with Crippen molar-refractivity contribution in [2.75, 3.05) is 44.8 Å². The minimum atomic E-state index is 0.102. The Kier molecular flexibility index (Phi) is 6.12. The third-order valence-corrected chi connectivity index (χ3v) is 6.20. The molecule has 0 spiro atoms. The largest absolute Gasteiger partial charge is 0.383 e. The molecule has 0 aromatic carbocycles. The molecule has 35 heavy (non-hydrogen) atoms. The first kappa shape index (κ1) is 22.5. The van der Waals surface area contributed by atoms with Gasteiger partial charge in [-0.25, -0.2) is 14.2 Å². The van der Waals surface area contributed by atoms with E-state index >= 15 is 0 Å². The second kappa shape index (κ2) is 9.52. The number of ether oxygens (including phenoxy) is 1. The second-order valence-electron chi connectivity index (χ2n) is 8.36. The van der Waals surface area contributed by atoms with Crippen LogP contribution in [0.3, 0.4) is 0 Å². The van der Waals surface area contributed by atoms with Gasteiger partial charge in [-0.05, 0) is 18.2 Å². The van der Waals surface area contributed by atoms with Crippen LogP contribution in [0.1, 0.15) is 12.5 Å². The number of aromatic nitrogens is 6. The van der Waals surface area contributed by atoms with Crippen molar-refractivity contribution < 1.29 is 9.53 Å². The first-order valence-electron chi connectivity index (χ1n) is 11.3. The van der Waals surface area contributed by atoms with Crippen LogP contribution >= 0.6 is 0 Å². The van der Waals surface area contributed by atoms with Crippen LogP contribution in [0.25, 0.3) is 27.9 Å². The van der Waals surface area contributed by atoms with E-state index in [4.69, 9.17) is 9.72 Å². The molecule has 4 aromatic rings. The summed E-state index contributed by atoms with van der Waals surface area (Å²) in [5, 5.41) is 22.5. The highest BCUT2D eigenvalue weighted by molar-refractivity contribution is 5.87. The van der Waals surface area contributed by atoms with Gasteiger partial charge in [-0.1, -0.05) is 5.21 Å². The van der Waals surface area contributed by atoms with Gasteiger partial charge >= 0.3 is 0 Å². The molecule has 178 valence electrons. The molecule has 11 nitrogen and oxygen atoms in total. The highest BCUT2D eigenvalue weighted by atomic mass is 16.5. The molecule has 0 radical (unpaired) electrons. The fourth-order valence-corrected chi connectivity index (χ4v) is 4.27. The summed E-state index contributed by atoms with van der Waals surface area (Å²) in [4.78, 5) is 20.3. The number of carbonyl (C=O) groups is 1. The van der Waals surface area contributed by atoms with E-state index in [1.165, 1.54) is 0 Å². The third kappa shape index (κ3) is 4.43. The van der Waals surface area contributed by atoms with Gasteiger partial charge in [-0.3, -0.25) is 4.79 Å². The average Bonchev–Trinajstić information content (AvgIpc) is 3.54. The van der Waals surface area contributed by atoms with Crippen LogP contribution in [-0.2, 0) is 16.1 Å². The van der Waals surface area contributed by atoms with E-state index in [-0.39, 0.29) is 5.91 Å². The number of pyridine rings is 2. The van der Waals surface area contributed by atoms with Gasteiger partial charge in [0.05, 0.1) is 36.6 Å². The van der Waals surface area contributed by atoms with E-state index in [9.17, 15) is 10.1 Å². The van der Waals surface area contributed by atoms with Crippen LogP contribution in [0.4, 0.5) is 5.82 Å². The summed E-state index contributed by atoms with van der Waals surface area (Å²) < 4.78 is 8.55. The molecular weight excluding hydrogens is 446 g/mol. The van der Waals surface area contributed by atoms with Gasteiger partial charge in [-0.2, -0.15) is 10.4 Å². The number of carbonyl (C=O) groups excluding carboxylic acids is 1. The summed E-state index contributed by atoms with van der Waals surface area (Å²) in [5.41, 5.74) is 4.43. The SMILES string of the molecule is COCCn1cc(-c2cc(-c3ccc(N4CCN(C(C)=O)CC4)nc3)c3c(C#N)cnn3c2)nn1. The molecule has 5 heterocycles. The van der Waals surface area contributed by atoms with Crippen LogP contribution in [0, 0.1) is 11.3 Å². The van der Waals surface area contributed by atoms with E-state index in [0.717, 1.165) is 35.6 Å². The van der Waals surface area contributed by atoms with Crippen molar-refractivity contribution in [3.8, 4) is 28.5 Å². The predicted octanol–water partition coefficient (Wildman–Crippen LogP) is 1.84. The number of fused-ring (bicyclic) bond motifs is 1. The Bertz CT molecular complexity index is 1390. The van der Waals surface area contributed by atoms with Crippen LogP contribution in [0.2, 0.25) is 0 Å². The summed E-state index contributed by atoms with van der Waals surface area (Å²) in [6.45, 7) is 5.60. The molecule has 11 heteroatoms. The van der Waals surface area contributed by atoms with E-state index in [1.54, 1.807) is 29.4 Å². The first-order valence-corrected chi connectivity index (χ1v) is 11.3.